The van der Waals surface area contributed by atoms with Gasteiger partial charge in [-0.2, -0.15) is 0 Å². The Labute approximate surface area is 120 Å². The van der Waals surface area contributed by atoms with Gasteiger partial charge in [-0.1, -0.05) is 31.2 Å². The summed E-state index contributed by atoms with van der Waals surface area (Å²) in [6.07, 6.45) is 6.41. The lowest BCUT2D eigenvalue weighted by Gasteiger charge is -2.20. The number of imide groups is 1. The van der Waals surface area contributed by atoms with Crippen LogP contribution in [-0.2, 0) is 14.4 Å². The van der Waals surface area contributed by atoms with E-state index >= 15 is 0 Å². The molecule has 1 rings (SSSR count). The summed E-state index contributed by atoms with van der Waals surface area (Å²) >= 11 is 0. The number of carbonyl (C=O) groups excluding carboxylic acids is 3. The van der Waals surface area contributed by atoms with Gasteiger partial charge in [0.2, 0.25) is 11.8 Å². The highest BCUT2D eigenvalue weighted by Crippen LogP contribution is 2.21. The van der Waals surface area contributed by atoms with Crippen LogP contribution in [0.3, 0.4) is 0 Å². The Balaban J connectivity index is 2.33. The van der Waals surface area contributed by atoms with Gasteiger partial charge in [0.25, 0.3) is 0 Å². The van der Waals surface area contributed by atoms with E-state index in [0.717, 1.165) is 18.4 Å². The van der Waals surface area contributed by atoms with Gasteiger partial charge < -0.3 is 0 Å². The number of allylic oxidation sites excluding steroid dienone is 3. The monoisotopic (exact) mass is 277 g/mol. The van der Waals surface area contributed by atoms with Crippen molar-refractivity contribution in [3.63, 3.8) is 0 Å². The third kappa shape index (κ3) is 5.51. The molecule has 4 nitrogen and oxygen atoms in total. The fourth-order valence-electron chi connectivity index (χ4n) is 2.41. The normalized spacial score (nSPS) is 18.6. The Hall–Kier alpha value is -1.71. The standard InChI is InChI=1S/C16H23NO3/c1-4-11(2)8-12(3)14(18)7-5-6-13-9-15(19)17-16(20)10-13/h4,8,12-13H,1,5-7,9-10H2,2-3H3,(H,17,19,20)/b11-8-/t12-/m1/s1. The average molecular weight is 277 g/mol. The number of ketones is 1. The van der Waals surface area contributed by atoms with Crippen LogP contribution in [0.1, 0.15) is 46.0 Å². The highest BCUT2D eigenvalue weighted by molar-refractivity contribution is 5.97. The van der Waals surface area contributed by atoms with Gasteiger partial charge in [-0.25, -0.2) is 0 Å². The van der Waals surface area contributed by atoms with Gasteiger partial charge in [0.05, 0.1) is 0 Å². The molecule has 1 N–H and O–H groups in total. The van der Waals surface area contributed by atoms with Crippen molar-refractivity contribution >= 4 is 17.6 Å². The van der Waals surface area contributed by atoms with Crippen molar-refractivity contribution in [3.8, 4) is 0 Å². The molecule has 1 aliphatic heterocycles. The van der Waals surface area contributed by atoms with Crippen molar-refractivity contribution in [3.05, 3.63) is 24.3 Å². The Morgan fingerprint density at radius 1 is 1.40 bits per heavy atom. The molecule has 0 radical (unpaired) electrons. The first-order valence-corrected chi connectivity index (χ1v) is 7.08. The van der Waals surface area contributed by atoms with Gasteiger partial charge in [0.1, 0.15) is 5.78 Å². The van der Waals surface area contributed by atoms with E-state index in [2.05, 4.69) is 11.9 Å². The molecule has 110 valence electrons. The van der Waals surface area contributed by atoms with Crippen LogP contribution < -0.4 is 5.32 Å². The van der Waals surface area contributed by atoms with Crippen LogP contribution in [0.5, 0.6) is 0 Å². The van der Waals surface area contributed by atoms with Gasteiger partial charge in [-0.3, -0.25) is 19.7 Å². The number of amides is 2. The first-order chi connectivity index (χ1) is 9.42. The topological polar surface area (TPSA) is 63.2 Å². The number of piperidine rings is 1. The quantitative estimate of drug-likeness (QED) is 0.574. The molecule has 0 unspecified atom stereocenters. The zero-order valence-corrected chi connectivity index (χ0v) is 12.3. The molecule has 1 atom stereocenters. The summed E-state index contributed by atoms with van der Waals surface area (Å²) in [4.78, 5) is 34.4. The first-order valence-electron chi connectivity index (χ1n) is 7.08. The summed E-state index contributed by atoms with van der Waals surface area (Å²) in [6.45, 7) is 7.46. The third-order valence-corrected chi connectivity index (χ3v) is 3.61. The lowest BCUT2D eigenvalue weighted by molar-refractivity contribution is -0.134. The van der Waals surface area contributed by atoms with E-state index in [9.17, 15) is 14.4 Å². The maximum atomic E-state index is 11.9. The van der Waals surface area contributed by atoms with Crippen molar-refractivity contribution in [2.75, 3.05) is 0 Å². The summed E-state index contributed by atoms with van der Waals surface area (Å²) in [5, 5.41) is 2.29. The Morgan fingerprint density at radius 3 is 2.55 bits per heavy atom. The van der Waals surface area contributed by atoms with Crippen LogP contribution in [0.2, 0.25) is 0 Å². The second kappa shape index (κ2) is 7.78. The zero-order valence-electron chi connectivity index (χ0n) is 12.3. The number of carbonyl (C=O) groups is 3. The molecular weight excluding hydrogens is 254 g/mol. The van der Waals surface area contributed by atoms with Gasteiger partial charge in [-0.05, 0) is 25.7 Å². The molecule has 0 aromatic heterocycles. The molecule has 0 aromatic carbocycles. The average Bonchev–Trinajstić information content (AvgIpc) is 2.37. The molecule has 20 heavy (non-hydrogen) atoms. The molecule has 1 saturated heterocycles. The number of hydrogen-bond donors (Lipinski definition) is 1. The molecular formula is C16H23NO3. The zero-order chi connectivity index (χ0) is 15.1. The van der Waals surface area contributed by atoms with E-state index in [-0.39, 0.29) is 29.4 Å². The lowest BCUT2D eigenvalue weighted by atomic mass is 9.90. The summed E-state index contributed by atoms with van der Waals surface area (Å²) in [6, 6.07) is 0. The minimum Gasteiger partial charge on any atom is -0.299 e. The molecule has 0 saturated carbocycles. The Bertz CT molecular complexity index is 421. The molecule has 1 fully saturated rings. The van der Waals surface area contributed by atoms with E-state index < -0.39 is 0 Å². The summed E-state index contributed by atoms with van der Waals surface area (Å²) < 4.78 is 0. The third-order valence-electron chi connectivity index (χ3n) is 3.61. The number of nitrogens with one attached hydrogen (secondary N) is 1. The fraction of sp³-hybridized carbons (Fsp3) is 0.562. The van der Waals surface area contributed by atoms with Gasteiger partial charge in [0, 0.05) is 25.2 Å². The maximum absolute atomic E-state index is 11.9. The molecule has 0 aliphatic carbocycles. The van der Waals surface area contributed by atoms with Crippen LogP contribution in [0.4, 0.5) is 0 Å². The Kier molecular flexibility index (Phi) is 6.36. The highest BCUT2D eigenvalue weighted by Gasteiger charge is 2.24. The minimum atomic E-state index is -0.199. The van der Waals surface area contributed by atoms with Crippen molar-refractivity contribution in [2.24, 2.45) is 11.8 Å². The van der Waals surface area contributed by atoms with Crippen molar-refractivity contribution in [2.45, 2.75) is 46.0 Å². The highest BCUT2D eigenvalue weighted by atomic mass is 16.2. The van der Waals surface area contributed by atoms with Crippen molar-refractivity contribution in [1.29, 1.82) is 0 Å². The summed E-state index contributed by atoms with van der Waals surface area (Å²) in [5.74, 6) is -0.224. The molecule has 0 spiro atoms. The predicted octanol–water partition coefficient (Wildman–Crippen LogP) is 2.55. The van der Waals surface area contributed by atoms with Gasteiger partial charge >= 0.3 is 0 Å². The maximum Gasteiger partial charge on any atom is 0.226 e. The molecule has 2 amide bonds. The number of hydrogen-bond acceptors (Lipinski definition) is 3. The molecule has 1 aliphatic rings. The van der Waals surface area contributed by atoms with E-state index in [0.29, 0.717) is 19.3 Å². The smallest absolute Gasteiger partial charge is 0.226 e. The SMILES string of the molecule is C=C/C(C)=C\[C@@H](C)C(=O)CCCC1CC(=O)NC(=O)C1. The van der Waals surface area contributed by atoms with Crippen LogP contribution in [0.15, 0.2) is 24.3 Å². The number of rotatable bonds is 7. The van der Waals surface area contributed by atoms with Gasteiger partial charge in [0.15, 0.2) is 0 Å². The fourth-order valence-corrected chi connectivity index (χ4v) is 2.41. The van der Waals surface area contributed by atoms with Crippen LogP contribution in [0, 0.1) is 11.8 Å². The van der Waals surface area contributed by atoms with Crippen molar-refractivity contribution in [1.82, 2.24) is 5.32 Å². The van der Waals surface area contributed by atoms with E-state index in [1.165, 1.54) is 0 Å². The van der Waals surface area contributed by atoms with E-state index in [4.69, 9.17) is 0 Å². The molecule has 0 bridgehead atoms. The minimum absolute atomic E-state index is 0.0878. The Morgan fingerprint density at radius 2 is 2.00 bits per heavy atom. The molecule has 0 aromatic rings. The summed E-state index contributed by atoms with van der Waals surface area (Å²) in [5.41, 5.74) is 1.00. The predicted molar refractivity (Wildman–Crippen MR) is 77.8 cm³/mol. The van der Waals surface area contributed by atoms with Crippen LogP contribution >= 0.6 is 0 Å². The van der Waals surface area contributed by atoms with E-state index in [1.807, 2.05) is 19.9 Å². The van der Waals surface area contributed by atoms with Crippen molar-refractivity contribution < 1.29 is 14.4 Å². The van der Waals surface area contributed by atoms with Crippen LogP contribution in [0.25, 0.3) is 0 Å². The molecule has 4 heteroatoms. The van der Waals surface area contributed by atoms with Crippen LogP contribution in [-0.4, -0.2) is 17.6 Å². The largest absolute Gasteiger partial charge is 0.299 e. The lowest BCUT2D eigenvalue weighted by Crippen LogP contribution is -2.38. The number of Topliss-reactive ketones (excluding diaryl/α,β-unsaturated/α-hetero) is 1. The van der Waals surface area contributed by atoms with E-state index in [1.54, 1.807) is 6.08 Å². The second-order valence-electron chi connectivity index (χ2n) is 5.51. The summed E-state index contributed by atoms with van der Waals surface area (Å²) in [7, 11) is 0. The molecule has 1 heterocycles. The first kappa shape index (κ1) is 16.3. The van der Waals surface area contributed by atoms with Gasteiger partial charge in [-0.15, -0.1) is 0 Å². The second-order valence-corrected chi connectivity index (χ2v) is 5.51.